The first-order valence-corrected chi connectivity index (χ1v) is 2.48. The summed E-state index contributed by atoms with van der Waals surface area (Å²) in [6, 6.07) is 0. The Kier molecular flexibility index (Phi) is 3.27. The van der Waals surface area contributed by atoms with Crippen LogP contribution in [-0.2, 0) is 4.79 Å². The summed E-state index contributed by atoms with van der Waals surface area (Å²) in [7, 11) is 0. The zero-order valence-electron chi connectivity index (χ0n) is 4.66. The lowest BCUT2D eigenvalue weighted by Crippen LogP contribution is -2.06. The third kappa shape index (κ3) is 7.46. The monoisotopic (exact) mass is 139 g/mol. The quantitative estimate of drug-likeness (QED) is 0.545. The molecule has 4 heteroatoms. The van der Waals surface area contributed by atoms with E-state index in [4.69, 9.17) is 0 Å². The molecule has 0 amide bonds. The van der Waals surface area contributed by atoms with E-state index in [1.165, 1.54) is 6.29 Å². The highest BCUT2D eigenvalue weighted by molar-refractivity contribution is 5.50. The molecule has 0 N–H and O–H groups in total. The molecule has 0 spiro atoms. The van der Waals surface area contributed by atoms with Crippen molar-refractivity contribution in [2.75, 3.05) is 0 Å². The van der Waals surface area contributed by atoms with E-state index in [1.807, 2.05) is 0 Å². The van der Waals surface area contributed by atoms with Crippen LogP contribution >= 0.6 is 0 Å². The van der Waals surface area contributed by atoms with E-state index in [1.54, 1.807) is 0 Å². The Morgan fingerprint density at radius 1 is 1.33 bits per heavy atom. The van der Waals surface area contributed by atoms with Crippen LogP contribution in [-0.4, -0.2) is 12.5 Å². The Balaban J connectivity index is 3.17. The topological polar surface area (TPSA) is 17.1 Å². The van der Waals surface area contributed by atoms with E-state index in [9.17, 15) is 18.0 Å². The first kappa shape index (κ1) is 8.46. The van der Waals surface area contributed by atoms with Crippen molar-refractivity contribution in [1.29, 1.82) is 0 Å². The maximum atomic E-state index is 11.2. The Morgan fingerprint density at radius 3 is 2.22 bits per heavy atom. The van der Waals surface area contributed by atoms with E-state index in [0.717, 1.165) is 0 Å². The molecular formula is C5H6F3O. The van der Waals surface area contributed by atoms with Gasteiger partial charge in [0, 0.05) is 12.8 Å². The second kappa shape index (κ2) is 3.48. The molecule has 1 radical (unpaired) electrons. The molecule has 0 saturated heterocycles. The van der Waals surface area contributed by atoms with Crippen LogP contribution in [0.4, 0.5) is 13.2 Å². The number of hydrogen-bond acceptors (Lipinski definition) is 1. The smallest absolute Gasteiger partial charge is 0.291 e. The molecule has 0 rings (SSSR count). The van der Waals surface area contributed by atoms with E-state index < -0.39 is 12.6 Å². The van der Waals surface area contributed by atoms with Gasteiger partial charge in [0.25, 0.3) is 0 Å². The highest BCUT2D eigenvalue weighted by Crippen LogP contribution is 2.21. The van der Waals surface area contributed by atoms with Crippen LogP contribution < -0.4 is 0 Å². The van der Waals surface area contributed by atoms with Crippen LogP contribution in [0.1, 0.15) is 19.3 Å². The van der Waals surface area contributed by atoms with Gasteiger partial charge >= 0.3 is 6.18 Å². The van der Waals surface area contributed by atoms with Crippen molar-refractivity contribution in [3.8, 4) is 0 Å². The molecule has 0 aliphatic carbocycles. The maximum Gasteiger partial charge on any atom is 0.389 e. The largest absolute Gasteiger partial charge is 0.389 e. The van der Waals surface area contributed by atoms with Crippen LogP contribution in [0, 0.1) is 0 Å². The zero-order valence-corrected chi connectivity index (χ0v) is 4.66. The first-order chi connectivity index (χ1) is 4.06. The minimum Gasteiger partial charge on any atom is -0.291 e. The lowest BCUT2D eigenvalue weighted by Gasteiger charge is -2.01. The fraction of sp³-hybridized carbons (Fsp3) is 0.800. The van der Waals surface area contributed by atoms with Gasteiger partial charge in [-0.2, -0.15) is 13.2 Å². The predicted molar refractivity (Wildman–Crippen MR) is 25.6 cm³/mol. The fourth-order valence-electron chi connectivity index (χ4n) is 0.361. The van der Waals surface area contributed by atoms with Crippen LogP contribution in [0.15, 0.2) is 0 Å². The van der Waals surface area contributed by atoms with Crippen molar-refractivity contribution in [3.63, 3.8) is 0 Å². The molecule has 0 saturated carbocycles. The molecule has 0 aromatic heterocycles. The molecule has 0 fully saturated rings. The molecule has 9 heavy (non-hydrogen) atoms. The van der Waals surface area contributed by atoms with Crippen molar-refractivity contribution < 1.29 is 18.0 Å². The zero-order chi connectivity index (χ0) is 7.33. The van der Waals surface area contributed by atoms with Crippen LogP contribution in [0.5, 0.6) is 0 Å². The third-order valence-corrected chi connectivity index (χ3v) is 0.739. The standard InChI is InChI=1S/C5H6F3O/c6-5(7,8)3-1-2-4-9/h1-3H2. The highest BCUT2D eigenvalue weighted by Gasteiger charge is 2.25. The summed E-state index contributed by atoms with van der Waals surface area (Å²) in [4.78, 5) is 9.40. The van der Waals surface area contributed by atoms with Crippen LogP contribution in [0.3, 0.4) is 0 Å². The summed E-state index contributed by atoms with van der Waals surface area (Å²) in [6.45, 7) is 0. The van der Waals surface area contributed by atoms with Gasteiger partial charge in [0.2, 0.25) is 0 Å². The van der Waals surface area contributed by atoms with Gasteiger partial charge < -0.3 is 0 Å². The molecule has 0 aromatic carbocycles. The lowest BCUT2D eigenvalue weighted by molar-refractivity contribution is -0.135. The molecule has 0 bridgehead atoms. The number of hydrogen-bond donors (Lipinski definition) is 0. The third-order valence-electron chi connectivity index (χ3n) is 0.739. The van der Waals surface area contributed by atoms with E-state index in [2.05, 4.69) is 0 Å². The van der Waals surface area contributed by atoms with E-state index in [-0.39, 0.29) is 12.8 Å². The number of halogens is 3. The minimum absolute atomic E-state index is 0.125. The summed E-state index contributed by atoms with van der Waals surface area (Å²) in [5.74, 6) is 0. The Morgan fingerprint density at radius 2 is 1.89 bits per heavy atom. The van der Waals surface area contributed by atoms with Crippen molar-refractivity contribution in [3.05, 3.63) is 0 Å². The number of alkyl halides is 3. The molecule has 0 atom stereocenters. The Hall–Kier alpha value is -0.540. The van der Waals surface area contributed by atoms with Gasteiger partial charge in [-0.25, -0.2) is 0 Å². The van der Waals surface area contributed by atoms with Gasteiger partial charge in [-0.3, -0.25) is 4.79 Å². The van der Waals surface area contributed by atoms with Crippen LogP contribution in [0.25, 0.3) is 0 Å². The second-order valence-electron chi connectivity index (χ2n) is 1.61. The molecule has 0 aliphatic rings. The average Bonchev–Trinajstić information content (AvgIpc) is 1.63. The molecular weight excluding hydrogens is 133 g/mol. The van der Waals surface area contributed by atoms with Crippen molar-refractivity contribution in [2.24, 2.45) is 0 Å². The second-order valence-corrected chi connectivity index (χ2v) is 1.61. The first-order valence-electron chi connectivity index (χ1n) is 2.48. The predicted octanol–water partition coefficient (Wildman–Crippen LogP) is 1.83. The molecule has 0 aromatic rings. The molecule has 0 aliphatic heterocycles. The Labute approximate surface area is 50.9 Å². The normalized spacial score (nSPS) is 11.4. The molecule has 53 valence electrons. The Bertz CT molecular complexity index is 86.7. The van der Waals surface area contributed by atoms with Gasteiger partial charge in [-0.05, 0) is 6.42 Å². The van der Waals surface area contributed by atoms with Gasteiger partial charge in [-0.1, -0.05) is 0 Å². The SMILES string of the molecule is O=[C]CCCC(F)(F)F. The average molecular weight is 139 g/mol. The summed E-state index contributed by atoms with van der Waals surface area (Å²) in [5.41, 5.74) is 0. The number of rotatable bonds is 3. The van der Waals surface area contributed by atoms with Crippen molar-refractivity contribution in [1.82, 2.24) is 0 Å². The highest BCUT2D eigenvalue weighted by atomic mass is 19.4. The van der Waals surface area contributed by atoms with Gasteiger partial charge in [0.1, 0.15) is 0 Å². The maximum absolute atomic E-state index is 11.2. The van der Waals surface area contributed by atoms with E-state index >= 15 is 0 Å². The summed E-state index contributed by atoms with van der Waals surface area (Å²) in [5, 5.41) is 0. The van der Waals surface area contributed by atoms with Gasteiger partial charge in [-0.15, -0.1) is 0 Å². The molecule has 1 nitrogen and oxygen atoms in total. The summed E-state index contributed by atoms with van der Waals surface area (Å²) < 4.78 is 33.7. The molecule has 0 heterocycles. The fourth-order valence-corrected chi connectivity index (χ4v) is 0.361. The number of carbonyl (C=O) groups excluding carboxylic acids is 1. The molecule has 0 unspecified atom stereocenters. The summed E-state index contributed by atoms with van der Waals surface area (Å²) in [6.07, 6.45) is -3.90. The summed E-state index contributed by atoms with van der Waals surface area (Å²) >= 11 is 0. The van der Waals surface area contributed by atoms with Gasteiger partial charge in [0.05, 0.1) is 0 Å². The van der Waals surface area contributed by atoms with Gasteiger partial charge in [0.15, 0.2) is 6.29 Å². The lowest BCUT2D eigenvalue weighted by atomic mass is 10.2. The van der Waals surface area contributed by atoms with Crippen molar-refractivity contribution >= 4 is 6.29 Å². The van der Waals surface area contributed by atoms with Crippen LogP contribution in [0.2, 0.25) is 0 Å². The van der Waals surface area contributed by atoms with Crippen molar-refractivity contribution in [2.45, 2.75) is 25.4 Å². The van der Waals surface area contributed by atoms with E-state index in [0.29, 0.717) is 0 Å². The number of unbranched alkanes of at least 4 members (excludes halogenated alkanes) is 1. The minimum atomic E-state index is -4.13.